The van der Waals surface area contributed by atoms with E-state index in [0.717, 1.165) is 0 Å². The molecule has 1 amide bonds. The average Bonchev–Trinajstić information content (AvgIpc) is 2.43. The van der Waals surface area contributed by atoms with Gasteiger partial charge in [0.05, 0.1) is 11.7 Å². The van der Waals surface area contributed by atoms with Crippen molar-refractivity contribution >= 4 is 11.6 Å². The first-order valence-corrected chi connectivity index (χ1v) is 7.92. The number of carbonyl (C=O) groups excluding carboxylic acids is 1. The van der Waals surface area contributed by atoms with Gasteiger partial charge in [0.25, 0.3) is 0 Å². The molecule has 1 aromatic carbocycles. The van der Waals surface area contributed by atoms with Gasteiger partial charge in [-0.3, -0.25) is 10.1 Å². The molecule has 0 aliphatic rings. The van der Waals surface area contributed by atoms with E-state index in [1.807, 2.05) is 0 Å². The van der Waals surface area contributed by atoms with Crippen molar-refractivity contribution in [1.29, 1.82) is 0 Å². The molecule has 1 aromatic rings. The molecule has 0 saturated heterocycles. The highest BCUT2D eigenvalue weighted by Crippen LogP contribution is 2.32. The van der Waals surface area contributed by atoms with Crippen LogP contribution >= 0.6 is 0 Å². The lowest BCUT2D eigenvalue weighted by molar-refractivity contribution is -0.196. The fourth-order valence-corrected chi connectivity index (χ4v) is 2.19. The highest BCUT2D eigenvalue weighted by Gasteiger charge is 2.40. The number of halogens is 3. The molecule has 0 aliphatic carbocycles. The molecule has 9 heteroatoms. The van der Waals surface area contributed by atoms with E-state index >= 15 is 0 Å². The number of nitrogens with one attached hydrogen (secondary N) is 2. The van der Waals surface area contributed by atoms with Gasteiger partial charge in [0, 0.05) is 16.8 Å². The predicted octanol–water partition coefficient (Wildman–Crippen LogP) is 2.68. The Morgan fingerprint density at radius 2 is 1.62 bits per heavy atom. The first-order chi connectivity index (χ1) is 11.6. The largest absolute Gasteiger partial charge is 0.471 e. The van der Waals surface area contributed by atoms with E-state index in [2.05, 4.69) is 5.32 Å². The number of amides is 1. The summed E-state index contributed by atoms with van der Waals surface area (Å²) >= 11 is 0. The van der Waals surface area contributed by atoms with Crippen molar-refractivity contribution in [1.82, 2.24) is 5.32 Å². The normalized spacial score (nSPS) is 15.5. The monoisotopic (exact) mass is 378 g/mol. The maximum Gasteiger partial charge on any atom is 0.471 e. The molecule has 0 fully saturated rings. The number of carbonyl (C=O) groups is 1. The zero-order valence-corrected chi connectivity index (χ0v) is 15.3. The number of aliphatic hydroxyl groups is 2. The van der Waals surface area contributed by atoms with Crippen molar-refractivity contribution in [2.75, 3.05) is 5.32 Å². The van der Waals surface area contributed by atoms with Gasteiger partial charge in [-0.05, 0) is 40.7 Å². The Morgan fingerprint density at radius 1 is 1.08 bits per heavy atom. The molecule has 0 spiro atoms. The van der Waals surface area contributed by atoms with Crippen molar-refractivity contribution in [3.05, 3.63) is 29.8 Å². The van der Waals surface area contributed by atoms with Crippen LogP contribution in [0.1, 0.15) is 46.3 Å². The molecule has 0 saturated carbocycles. The highest BCUT2D eigenvalue weighted by atomic mass is 19.4. The predicted molar refractivity (Wildman–Crippen MR) is 90.1 cm³/mol. The van der Waals surface area contributed by atoms with Crippen LogP contribution in [0.25, 0.3) is 0 Å². The number of para-hydroxylation sites is 1. The first-order valence-electron chi connectivity index (χ1n) is 7.92. The third kappa shape index (κ3) is 6.56. The standard InChI is InChI=1S/C17H25F3N2O4/c1-15(2,3)26-14(25)22-16(4,5)12(23)10-8-6-7-9-11(10)21-13(24)17(18,19)20/h6-9,12,14,22-23,25H,1-5H3,(H,21,24). The quantitative estimate of drug-likeness (QED) is 0.572. The molecule has 2 atom stereocenters. The molecule has 0 aliphatic heterocycles. The van der Waals surface area contributed by atoms with Crippen LogP contribution in [0.15, 0.2) is 24.3 Å². The Balaban J connectivity index is 3.01. The summed E-state index contributed by atoms with van der Waals surface area (Å²) in [4.78, 5) is 11.2. The van der Waals surface area contributed by atoms with Crippen molar-refractivity contribution in [2.24, 2.45) is 0 Å². The van der Waals surface area contributed by atoms with Crippen molar-refractivity contribution < 1.29 is 32.9 Å². The molecule has 6 nitrogen and oxygen atoms in total. The fraction of sp³-hybridized carbons (Fsp3) is 0.588. The van der Waals surface area contributed by atoms with E-state index in [-0.39, 0.29) is 11.3 Å². The summed E-state index contributed by atoms with van der Waals surface area (Å²) in [6, 6.07) is 5.58. The second-order valence-electron chi connectivity index (χ2n) is 7.39. The van der Waals surface area contributed by atoms with Gasteiger partial charge >= 0.3 is 12.1 Å². The van der Waals surface area contributed by atoms with Gasteiger partial charge in [-0.2, -0.15) is 13.2 Å². The van der Waals surface area contributed by atoms with Crippen LogP contribution in [0.4, 0.5) is 18.9 Å². The molecule has 0 bridgehead atoms. The number of alkyl halides is 3. The molecule has 0 radical (unpaired) electrons. The summed E-state index contributed by atoms with van der Waals surface area (Å²) in [7, 11) is 0. The summed E-state index contributed by atoms with van der Waals surface area (Å²) in [5, 5.41) is 25.0. The Bertz CT molecular complexity index is 627. The zero-order chi connectivity index (χ0) is 20.3. The van der Waals surface area contributed by atoms with Crippen molar-refractivity contribution in [3.8, 4) is 0 Å². The smallest absolute Gasteiger partial charge is 0.386 e. The van der Waals surface area contributed by atoms with Crippen molar-refractivity contribution in [2.45, 2.75) is 64.5 Å². The SMILES string of the molecule is CC(C)(C)OC(O)NC(C)(C)C(O)c1ccccc1NC(=O)C(F)(F)F. The van der Waals surface area contributed by atoms with E-state index in [1.54, 1.807) is 26.1 Å². The van der Waals surface area contributed by atoms with Gasteiger partial charge in [-0.1, -0.05) is 18.2 Å². The maximum absolute atomic E-state index is 12.5. The van der Waals surface area contributed by atoms with E-state index < -0.39 is 35.7 Å². The summed E-state index contributed by atoms with van der Waals surface area (Å²) in [6.45, 7) is 8.25. The number of aliphatic hydroxyl groups excluding tert-OH is 2. The summed E-state index contributed by atoms with van der Waals surface area (Å²) in [6.07, 6.45) is -7.83. The van der Waals surface area contributed by atoms with Gasteiger partial charge in [0.1, 0.15) is 0 Å². The summed E-state index contributed by atoms with van der Waals surface area (Å²) in [5.41, 5.74) is -1.97. The highest BCUT2D eigenvalue weighted by molar-refractivity contribution is 5.95. The molecule has 148 valence electrons. The first kappa shape index (κ1) is 22.4. The Kier molecular flexibility index (Phi) is 6.80. The number of rotatable bonds is 6. The fourth-order valence-electron chi connectivity index (χ4n) is 2.19. The molecular formula is C17H25F3N2O4. The Hall–Kier alpha value is -1.68. The van der Waals surface area contributed by atoms with Gasteiger partial charge in [-0.15, -0.1) is 0 Å². The molecule has 0 heterocycles. The van der Waals surface area contributed by atoms with E-state index in [9.17, 15) is 28.2 Å². The number of ether oxygens (including phenoxy) is 1. The zero-order valence-electron chi connectivity index (χ0n) is 15.3. The minimum atomic E-state index is -5.05. The van der Waals surface area contributed by atoms with Crippen LogP contribution in [0.5, 0.6) is 0 Å². The lowest BCUT2D eigenvalue weighted by Gasteiger charge is -2.36. The minimum absolute atomic E-state index is 0.0607. The van der Waals surface area contributed by atoms with E-state index in [4.69, 9.17) is 4.74 Å². The van der Waals surface area contributed by atoms with Gasteiger partial charge in [0.15, 0.2) is 0 Å². The van der Waals surface area contributed by atoms with Crippen LogP contribution in [-0.4, -0.2) is 39.9 Å². The molecule has 1 rings (SSSR count). The van der Waals surface area contributed by atoms with Gasteiger partial charge < -0.3 is 20.3 Å². The second-order valence-corrected chi connectivity index (χ2v) is 7.39. The minimum Gasteiger partial charge on any atom is -0.386 e. The van der Waals surface area contributed by atoms with Crippen LogP contribution in [0, 0.1) is 0 Å². The van der Waals surface area contributed by atoms with Crippen LogP contribution in [-0.2, 0) is 9.53 Å². The Labute approximate surface area is 150 Å². The molecule has 2 unspecified atom stereocenters. The third-order valence-corrected chi connectivity index (χ3v) is 3.41. The average molecular weight is 378 g/mol. The van der Waals surface area contributed by atoms with Crippen LogP contribution < -0.4 is 10.6 Å². The number of hydrogen-bond donors (Lipinski definition) is 4. The summed E-state index contributed by atoms with van der Waals surface area (Å²) < 4.78 is 42.8. The number of hydrogen-bond acceptors (Lipinski definition) is 5. The molecular weight excluding hydrogens is 353 g/mol. The third-order valence-electron chi connectivity index (χ3n) is 3.41. The van der Waals surface area contributed by atoms with E-state index in [1.165, 1.54) is 38.1 Å². The molecule has 26 heavy (non-hydrogen) atoms. The lowest BCUT2D eigenvalue weighted by Crippen LogP contribution is -2.52. The topological polar surface area (TPSA) is 90.8 Å². The number of anilines is 1. The van der Waals surface area contributed by atoms with Crippen LogP contribution in [0.3, 0.4) is 0 Å². The van der Waals surface area contributed by atoms with Crippen LogP contribution in [0.2, 0.25) is 0 Å². The van der Waals surface area contributed by atoms with Crippen molar-refractivity contribution in [3.63, 3.8) is 0 Å². The molecule has 0 aromatic heterocycles. The Morgan fingerprint density at radius 3 is 2.12 bits per heavy atom. The molecule has 4 N–H and O–H groups in total. The number of benzene rings is 1. The maximum atomic E-state index is 12.5. The summed E-state index contributed by atoms with van der Waals surface area (Å²) in [5.74, 6) is -2.14. The van der Waals surface area contributed by atoms with Gasteiger partial charge in [0.2, 0.25) is 6.41 Å². The lowest BCUT2D eigenvalue weighted by atomic mass is 9.90. The van der Waals surface area contributed by atoms with E-state index in [0.29, 0.717) is 0 Å². The van der Waals surface area contributed by atoms with Gasteiger partial charge in [-0.25, -0.2) is 0 Å². The second kappa shape index (κ2) is 7.91.